The van der Waals surface area contributed by atoms with E-state index in [0.717, 1.165) is 10.9 Å². The van der Waals surface area contributed by atoms with E-state index in [9.17, 15) is 9.18 Å². The van der Waals surface area contributed by atoms with Crippen LogP contribution in [0.4, 0.5) is 10.1 Å². The van der Waals surface area contributed by atoms with E-state index >= 15 is 0 Å². The lowest BCUT2D eigenvalue weighted by atomic mass is 10.1. The molecule has 0 bridgehead atoms. The number of nitrogens with zero attached hydrogens (tertiary/aromatic N) is 1. The topological polar surface area (TPSA) is 51.2 Å². The molecular weight excluding hydrogens is 319 g/mol. The number of pyridine rings is 1. The lowest BCUT2D eigenvalue weighted by Crippen LogP contribution is -2.15. The summed E-state index contributed by atoms with van der Waals surface area (Å²) in [6.07, 6.45) is 0. The van der Waals surface area contributed by atoms with Crippen molar-refractivity contribution in [2.45, 2.75) is 20.5 Å². The average Bonchev–Trinajstić information content (AvgIpc) is 2.60. The van der Waals surface area contributed by atoms with Gasteiger partial charge in [0.1, 0.15) is 5.82 Å². The average molecular weight is 338 g/mol. The molecule has 0 aliphatic heterocycles. The number of aromatic nitrogens is 1. The second-order valence-electron chi connectivity index (χ2n) is 5.71. The third-order valence-corrected chi connectivity index (χ3v) is 3.94. The number of benzene rings is 2. The monoisotopic (exact) mass is 338 g/mol. The lowest BCUT2D eigenvalue weighted by Gasteiger charge is -2.12. The van der Waals surface area contributed by atoms with Gasteiger partial charge < -0.3 is 10.1 Å². The predicted molar refractivity (Wildman–Crippen MR) is 96.2 cm³/mol. The minimum absolute atomic E-state index is 0.250. The van der Waals surface area contributed by atoms with E-state index in [0.29, 0.717) is 35.7 Å². The van der Waals surface area contributed by atoms with Crippen LogP contribution in [-0.4, -0.2) is 17.5 Å². The molecule has 128 valence electrons. The van der Waals surface area contributed by atoms with Crippen LogP contribution in [0.5, 0.6) is 0 Å². The van der Waals surface area contributed by atoms with Crippen molar-refractivity contribution in [1.82, 2.24) is 4.98 Å². The van der Waals surface area contributed by atoms with E-state index in [1.807, 2.05) is 31.2 Å². The molecule has 3 aromatic rings. The molecule has 5 heteroatoms. The van der Waals surface area contributed by atoms with Crippen molar-refractivity contribution in [2.24, 2.45) is 0 Å². The Morgan fingerprint density at radius 3 is 2.80 bits per heavy atom. The molecule has 0 unspecified atom stereocenters. The van der Waals surface area contributed by atoms with E-state index in [4.69, 9.17) is 4.74 Å². The molecule has 1 N–H and O–H groups in total. The summed E-state index contributed by atoms with van der Waals surface area (Å²) in [5, 5.41) is 3.64. The van der Waals surface area contributed by atoms with Crippen molar-refractivity contribution in [3.8, 4) is 0 Å². The minimum Gasteiger partial charge on any atom is -0.377 e. The van der Waals surface area contributed by atoms with Gasteiger partial charge in [-0.05, 0) is 38.1 Å². The maximum atomic E-state index is 13.3. The maximum Gasteiger partial charge on any atom is 0.257 e. The first-order valence-corrected chi connectivity index (χ1v) is 8.12. The molecule has 1 heterocycles. The molecule has 0 saturated heterocycles. The van der Waals surface area contributed by atoms with E-state index in [-0.39, 0.29) is 11.7 Å². The number of halogens is 1. The van der Waals surface area contributed by atoms with Crippen molar-refractivity contribution in [3.05, 3.63) is 71.2 Å². The Balaban J connectivity index is 1.90. The molecule has 1 amide bonds. The third kappa shape index (κ3) is 3.83. The number of carbonyl (C=O) groups is 1. The second kappa shape index (κ2) is 7.40. The second-order valence-corrected chi connectivity index (χ2v) is 5.71. The van der Waals surface area contributed by atoms with E-state index in [2.05, 4.69) is 10.3 Å². The molecule has 3 rings (SSSR count). The molecule has 0 fully saturated rings. The summed E-state index contributed by atoms with van der Waals surface area (Å²) in [6, 6.07) is 13.6. The van der Waals surface area contributed by atoms with Gasteiger partial charge in [0.25, 0.3) is 5.91 Å². The quantitative estimate of drug-likeness (QED) is 0.747. The number of rotatable bonds is 5. The minimum atomic E-state index is -0.346. The maximum absolute atomic E-state index is 13.3. The van der Waals surface area contributed by atoms with Crippen LogP contribution in [0.3, 0.4) is 0 Å². The fourth-order valence-electron chi connectivity index (χ4n) is 2.64. The van der Waals surface area contributed by atoms with Gasteiger partial charge in [-0.3, -0.25) is 9.78 Å². The summed E-state index contributed by atoms with van der Waals surface area (Å²) in [5.41, 5.74) is 3.17. The Morgan fingerprint density at radius 1 is 1.20 bits per heavy atom. The van der Waals surface area contributed by atoms with Crippen LogP contribution in [0.25, 0.3) is 10.9 Å². The molecule has 25 heavy (non-hydrogen) atoms. The normalized spacial score (nSPS) is 10.8. The SMILES string of the molecule is CCOCc1ccccc1NC(=O)c1cc2ccc(F)cc2nc1C. The van der Waals surface area contributed by atoms with Gasteiger partial charge in [-0.25, -0.2) is 4.39 Å². The predicted octanol–water partition coefficient (Wildman–Crippen LogP) is 4.47. The van der Waals surface area contributed by atoms with Crippen molar-refractivity contribution in [3.63, 3.8) is 0 Å². The highest BCUT2D eigenvalue weighted by atomic mass is 19.1. The molecule has 0 spiro atoms. The summed E-state index contributed by atoms with van der Waals surface area (Å²) in [7, 11) is 0. The van der Waals surface area contributed by atoms with Crippen LogP contribution in [0.15, 0.2) is 48.5 Å². The number of carbonyl (C=O) groups excluding carboxylic acids is 1. The largest absolute Gasteiger partial charge is 0.377 e. The Hall–Kier alpha value is -2.79. The molecule has 4 nitrogen and oxygen atoms in total. The number of nitrogens with one attached hydrogen (secondary N) is 1. The molecule has 0 atom stereocenters. The first-order chi connectivity index (χ1) is 12.1. The Bertz CT molecular complexity index is 925. The Kier molecular flexibility index (Phi) is 5.05. The highest BCUT2D eigenvalue weighted by Crippen LogP contribution is 2.21. The lowest BCUT2D eigenvalue weighted by molar-refractivity contribution is 0.102. The highest BCUT2D eigenvalue weighted by Gasteiger charge is 2.14. The standard InChI is InChI=1S/C20H19FN2O2/c1-3-25-12-15-6-4-5-7-18(15)23-20(24)17-10-14-8-9-16(21)11-19(14)22-13(17)2/h4-11H,3,12H2,1-2H3,(H,23,24). The zero-order valence-corrected chi connectivity index (χ0v) is 14.2. The summed E-state index contributed by atoms with van der Waals surface area (Å²) < 4.78 is 18.8. The zero-order chi connectivity index (χ0) is 17.8. The van der Waals surface area contributed by atoms with Gasteiger partial charge in [0.05, 0.1) is 23.4 Å². The Morgan fingerprint density at radius 2 is 2.00 bits per heavy atom. The van der Waals surface area contributed by atoms with Crippen LogP contribution in [-0.2, 0) is 11.3 Å². The third-order valence-electron chi connectivity index (χ3n) is 3.94. The Labute approximate surface area is 145 Å². The molecule has 0 aliphatic carbocycles. The van der Waals surface area contributed by atoms with Crippen LogP contribution in [0.1, 0.15) is 28.5 Å². The van der Waals surface area contributed by atoms with Crippen molar-refractivity contribution >= 4 is 22.5 Å². The van der Waals surface area contributed by atoms with Crippen LogP contribution < -0.4 is 5.32 Å². The van der Waals surface area contributed by atoms with E-state index in [1.54, 1.807) is 19.1 Å². The van der Waals surface area contributed by atoms with Crippen molar-refractivity contribution < 1.29 is 13.9 Å². The first kappa shape index (κ1) is 17.0. The number of anilines is 1. The van der Waals surface area contributed by atoms with Crippen LogP contribution in [0.2, 0.25) is 0 Å². The summed E-state index contributed by atoms with van der Waals surface area (Å²) in [5.74, 6) is -0.596. The van der Waals surface area contributed by atoms with Gasteiger partial charge in [0.15, 0.2) is 0 Å². The van der Waals surface area contributed by atoms with Gasteiger partial charge in [0.2, 0.25) is 0 Å². The number of hydrogen-bond donors (Lipinski definition) is 1. The van der Waals surface area contributed by atoms with Crippen molar-refractivity contribution in [2.75, 3.05) is 11.9 Å². The van der Waals surface area contributed by atoms with Crippen molar-refractivity contribution in [1.29, 1.82) is 0 Å². The molecule has 0 radical (unpaired) electrons. The van der Waals surface area contributed by atoms with Gasteiger partial charge >= 0.3 is 0 Å². The first-order valence-electron chi connectivity index (χ1n) is 8.12. The fraction of sp³-hybridized carbons (Fsp3) is 0.200. The molecule has 0 aliphatic rings. The molecule has 1 aromatic heterocycles. The van der Waals surface area contributed by atoms with E-state index in [1.165, 1.54) is 12.1 Å². The van der Waals surface area contributed by atoms with Gasteiger partial charge in [-0.2, -0.15) is 0 Å². The van der Waals surface area contributed by atoms with Gasteiger partial charge in [-0.15, -0.1) is 0 Å². The number of para-hydroxylation sites is 1. The smallest absolute Gasteiger partial charge is 0.257 e. The fourth-order valence-corrected chi connectivity index (χ4v) is 2.64. The van der Waals surface area contributed by atoms with E-state index < -0.39 is 0 Å². The van der Waals surface area contributed by atoms with Crippen LogP contribution in [0, 0.1) is 12.7 Å². The number of ether oxygens (including phenoxy) is 1. The summed E-state index contributed by atoms with van der Waals surface area (Å²) >= 11 is 0. The molecular formula is C20H19FN2O2. The number of fused-ring (bicyclic) bond motifs is 1. The van der Waals surface area contributed by atoms with Crippen LogP contribution >= 0.6 is 0 Å². The molecule has 0 saturated carbocycles. The summed E-state index contributed by atoms with van der Waals surface area (Å²) in [6.45, 7) is 4.70. The number of aryl methyl sites for hydroxylation is 1. The van der Waals surface area contributed by atoms with Gasteiger partial charge in [0, 0.05) is 29.3 Å². The molecule has 2 aromatic carbocycles. The summed E-state index contributed by atoms with van der Waals surface area (Å²) in [4.78, 5) is 17.1. The number of amides is 1. The zero-order valence-electron chi connectivity index (χ0n) is 14.2. The van der Waals surface area contributed by atoms with Gasteiger partial charge in [-0.1, -0.05) is 18.2 Å². The highest BCUT2D eigenvalue weighted by molar-refractivity contribution is 6.07. The number of hydrogen-bond acceptors (Lipinski definition) is 3.